The van der Waals surface area contributed by atoms with Gasteiger partial charge >= 0.3 is 0 Å². The molecule has 0 aliphatic heterocycles. The van der Waals surface area contributed by atoms with Gasteiger partial charge in [0, 0.05) is 17.2 Å². The highest BCUT2D eigenvalue weighted by Crippen LogP contribution is 2.32. The van der Waals surface area contributed by atoms with Crippen molar-refractivity contribution in [1.29, 1.82) is 0 Å². The normalized spacial score (nSPS) is 12.5. The number of nitrogens with zero attached hydrogens (tertiary/aromatic N) is 1. The van der Waals surface area contributed by atoms with Gasteiger partial charge in [-0.3, -0.25) is 0 Å². The van der Waals surface area contributed by atoms with Crippen molar-refractivity contribution in [2.75, 3.05) is 0 Å². The Bertz CT molecular complexity index is 745. The van der Waals surface area contributed by atoms with Gasteiger partial charge in [-0.25, -0.2) is 4.57 Å². The zero-order chi connectivity index (χ0) is 18.3. The fraction of sp³-hybridized carbons (Fsp3) is 0.522. The predicted molar refractivity (Wildman–Crippen MR) is 105 cm³/mol. The average molecular weight is 325 g/mol. The first-order valence-corrected chi connectivity index (χ1v) is 9.09. The minimum atomic E-state index is 0.171. The summed E-state index contributed by atoms with van der Waals surface area (Å²) in [6, 6.07) is 9.31. The van der Waals surface area contributed by atoms with E-state index in [1.54, 1.807) is 0 Å². The number of hydrogen-bond donors (Lipinski definition) is 0. The van der Waals surface area contributed by atoms with Crippen molar-refractivity contribution in [2.24, 2.45) is 7.05 Å². The topological polar surface area (TPSA) is 3.88 Å². The van der Waals surface area contributed by atoms with E-state index in [1.165, 1.54) is 33.5 Å². The van der Waals surface area contributed by atoms with E-state index in [-0.39, 0.29) is 10.8 Å². The van der Waals surface area contributed by atoms with Gasteiger partial charge in [-0.15, -0.1) is 0 Å². The van der Waals surface area contributed by atoms with Crippen LogP contribution in [0.15, 0.2) is 30.5 Å². The molecular formula is C23H34N+. The summed E-state index contributed by atoms with van der Waals surface area (Å²) in [5.74, 6) is 0. The SMILES string of the molecule is CCC(C)(C)c1ccc(-c2cc(C)c(C(C)(C)C)c[n+]2C)c(C)c1. The van der Waals surface area contributed by atoms with Gasteiger partial charge < -0.3 is 0 Å². The average Bonchev–Trinajstić information content (AvgIpc) is 2.48. The maximum atomic E-state index is 2.37. The highest BCUT2D eigenvalue weighted by atomic mass is 14.9. The Hall–Kier alpha value is -1.63. The highest BCUT2D eigenvalue weighted by molar-refractivity contribution is 5.63. The van der Waals surface area contributed by atoms with Crippen LogP contribution in [-0.2, 0) is 17.9 Å². The summed E-state index contributed by atoms with van der Waals surface area (Å²) in [6.07, 6.45) is 3.45. The highest BCUT2D eigenvalue weighted by Gasteiger charge is 2.24. The van der Waals surface area contributed by atoms with Crippen LogP contribution in [0.1, 0.15) is 70.2 Å². The van der Waals surface area contributed by atoms with Crippen LogP contribution in [0.5, 0.6) is 0 Å². The molecule has 0 fully saturated rings. The third-order valence-electron chi connectivity index (χ3n) is 5.46. The molecular weight excluding hydrogens is 290 g/mol. The Morgan fingerprint density at radius 1 is 0.917 bits per heavy atom. The van der Waals surface area contributed by atoms with Gasteiger partial charge in [0.2, 0.25) is 5.69 Å². The van der Waals surface area contributed by atoms with Gasteiger partial charge in [0.1, 0.15) is 7.05 Å². The van der Waals surface area contributed by atoms with E-state index in [0.29, 0.717) is 0 Å². The number of benzene rings is 1. The van der Waals surface area contributed by atoms with Crippen molar-refractivity contribution in [3.8, 4) is 11.3 Å². The van der Waals surface area contributed by atoms with Crippen LogP contribution in [0.3, 0.4) is 0 Å². The first kappa shape index (κ1) is 18.7. The monoisotopic (exact) mass is 324 g/mol. The van der Waals surface area contributed by atoms with E-state index in [4.69, 9.17) is 0 Å². The van der Waals surface area contributed by atoms with Crippen LogP contribution in [-0.4, -0.2) is 0 Å². The van der Waals surface area contributed by atoms with Crippen molar-refractivity contribution in [2.45, 2.75) is 72.6 Å². The fourth-order valence-electron chi connectivity index (χ4n) is 3.38. The molecule has 0 aliphatic carbocycles. The molecule has 1 aromatic carbocycles. The number of aromatic nitrogens is 1. The first-order valence-electron chi connectivity index (χ1n) is 9.09. The fourth-order valence-corrected chi connectivity index (χ4v) is 3.38. The maximum absolute atomic E-state index is 2.37. The molecule has 0 amide bonds. The quantitative estimate of drug-likeness (QED) is 0.630. The molecule has 0 radical (unpaired) electrons. The van der Waals surface area contributed by atoms with Crippen LogP contribution in [0.2, 0.25) is 0 Å². The molecule has 1 heteroatoms. The Labute approximate surface area is 148 Å². The predicted octanol–water partition coefficient (Wildman–Crippen LogP) is 5.78. The van der Waals surface area contributed by atoms with E-state index in [9.17, 15) is 0 Å². The van der Waals surface area contributed by atoms with Gasteiger partial charge in [-0.2, -0.15) is 0 Å². The van der Waals surface area contributed by atoms with Crippen LogP contribution in [0.4, 0.5) is 0 Å². The third-order valence-corrected chi connectivity index (χ3v) is 5.46. The van der Waals surface area contributed by atoms with Gasteiger partial charge in [0.15, 0.2) is 6.20 Å². The van der Waals surface area contributed by atoms with Crippen LogP contribution >= 0.6 is 0 Å². The Morgan fingerprint density at radius 3 is 2.04 bits per heavy atom. The first-order chi connectivity index (χ1) is 11.0. The number of pyridine rings is 1. The molecule has 0 unspecified atom stereocenters. The zero-order valence-electron chi connectivity index (χ0n) is 17.0. The molecule has 1 nitrogen and oxygen atoms in total. The van der Waals surface area contributed by atoms with Gasteiger partial charge in [-0.05, 0) is 53.9 Å². The van der Waals surface area contributed by atoms with Crippen molar-refractivity contribution in [3.63, 3.8) is 0 Å². The van der Waals surface area contributed by atoms with Crippen molar-refractivity contribution >= 4 is 0 Å². The lowest BCUT2D eigenvalue weighted by molar-refractivity contribution is -0.661. The molecule has 130 valence electrons. The van der Waals surface area contributed by atoms with Crippen molar-refractivity contribution in [1.82, 2.24) is 0 Å². The summed E-state index contributed by atoms with van der Waals surface area (Å²) in [5.41, 5.74) is 8.59. The Balaban J connectivity index is 2.56. The lowest BCUT2D eigenvalue weighted by Crippen LogP contribution is -2.34. The molecule has 0 saturated heterocycles. The molecule has 2 aromatic rings. The molecule has 0 spiro atoms. The van der Waals surface area contributed by atoms with Crippen LogP contribution in [0, 0.1) is 13.8 Å². The minimum Gasteiger partial charge on any atom is -0.201 e. The molecule has 2 rings (SSSR count). The van der Waals surface area contributed by atoms with E-state index in [2.05, 4.69) is 97.5 Å². The molecule has 0 saturated carbocycles. The number of rotatable bonds is 3. The summed E-state index contributed by atoms with van der Waals surface area (Å²) in [7, 11) is 2.16. The standard InChI is InChI=1S/C23H34N/c1-10-23(7,8)18-11-12-19(16(2)13-18)21-14-17(3)20(15-24(21)9)22(4,5)6/h11-15H,10H2,1-9H3/q+1. The lowest BCUT2D eigenvalue weighted by atomic mass is 9.80. The largest absolute Gasteiger partial charge is 0.212 e. The second kappa shape index (κ2) is 6.35. The second-order valence-electron chi connectivity index (χ2n) is 8.88. The smallest absolute Gasteiger partial charge is 0.201 e. The summed E-state index contributed by atoms with van der Waals surface area (Å²) < 4.78 is 2.28. The number of hydrogen-bond acceptors (Lipinski definition) is 0. The molecule has 0 N–H and O–H groups in total. The van der Waals surface area contributed by atoms with E-state index < -0.39 is 0 Å². The summed E-state index contributed by atoms with van der Waals surface area (Å²) in [5, 5.41) is 0. The van der Waals surface area contributed by atoms with Gasteiger partial charge in [-0.1, -0.05) is 53.7 Å². The molecule has 0 bridgehead atoms. The van der Waals surface area contributed by atoms with E-state index >= 15 is 0 Å². The van der Waals surface area contributed by atoms with Crippen LogP contribution < -0.4 is 4.57 Å². The zero-order valence-corrected chi connectivity index (χ0v) is 17.0. The summed E-state index contributed by atoms with van der Waals surface area (Å²) in [6.45, 7) is 18.2. The summed E-state index contributed by atoms with van der Waals surface area (Å²) in [4.78, 5) is 0. The van der Waals surface area contributed by atoms with E-state index in [1.807, 2.05) is 0 Å². The molecule has 1 heterocycles. The minimum absolute atomic E-state index is 0.171. The van der Waals surface area contributed by atoms with Gasteiger partial charge in [0.05, 0.1) is 0 Å². The molecule has 0 aliphatic rings. The summed E-state index contributed by atoms with van der Waals surface area (Å²) >= 11 is 0. The van der Waals surface area contributed by atoms with Gasteiger partial charge in [0.25, 0.3) is 0 Å². The van der Waals surface area contributed by atoms with Crippen LogP contribution in [0.25, 0.3) is 11.3 Å². The third kappa shape index (κ3) is 3.55. The molecule has 24 heavy (non-hydrogen) atoms. The molecule has 0 atom stereocenters. The van der Waals surface area contributed by atoms with E-state index in [0.717, 1.165) is 6.42 Å². The van der Waals surface area contributed by atoms with Crippen molar-refractivity contribution < 1.29 is 4.57 Å². The van der Waals surface area contributed by atoms with Crippen molar-refractivity contribution in [3.05, 3.63) is 52.7 Å². The molecule has 1 aromatic heterocycles. The Kier molecular flexibility index (Phi) is 4.95. The number of aryl methyl sites for hydroxylation is 3. The Morgan fingerprint density at radius 2 is 1.54 bits per heavy atom. The maximum Gasteiger partial charge on any atom is 0.212 e. The second-order valence-corrected chi connectivity index (χ2v) is 8.88. The lowest BCUT2D eigenvalue weighted by Gasteiger charge is -2.24.